The normalized spacial score (nSPS) is 22.2. The third kappa shape index (κ3) is 1.94. The van der Waals surface area contributed by atoms with Gasteiger partial charge in [-0.25, -0.2) is 4.39 Å². The molecule has 2 nitrogen and oxygen atoms in total. The van der Waals surface area contributed by atoms with Crippen LogP contribution < -0.4 is 4.90 Å². The lowest BCUT2D eigenvalue weighted by Crippen LogP contribution is -2.50. The van der Waals surface area contributed by atoms with Gasteiger partial charge in [-0.2, -0.15) is 0 Å². The van der Waals surface area contributed by atoms with E-state index < -0.39 is 0 Å². The second-order valence-electron chi connectivity index (χ2n) is 5.48. The lowest BCUT2D eigenvalue weighted by Gasteiger charge is -2.45. The molecule has 0 fully saturated rings. The maximum atomic E-state index is 13.3. The van der Waals surface area contributed by atoms with Gasteiger partial charge in [0.1, 0.15) is 5.82 Å². The van der Waals surface area contributed by atoms with Crippen molar-refractivity contribution in [1.82, 2.24) is 0 Å². The summed E-state index contributed by atoms with van der Waals surface area (Å²) in [7, 11) is 0. The maximum Gasteiger partial charge on any atom is 0.224 e. The van der Waals surface area contributed by atoms with Crippen LogP contribution in [0.15, 0.2) is 18.2 Å². The van der Waals surface area contributed by atoms with Crippen LogP contribution in [0.25, 0.3) is 0 Å². The summed E-state index contributed by atoms with van der Waals surface area (Å²) < 4.78 is 13.3. The van der Waals surface area contributed by atoms with Crippen molar-refractivity contribution < 1.29 is 9.18 Å². The highest BCUT2D eigenvalue weighted by molar-refractivity contribution is 5.94. The average Bonchev–Trinajstić information content (AvgIpc) is 2.17. The molecule has 0 radical (unpaired) electrons. The highest BCUT2D eigenvalue weighted by Gasteiger charge is 2.38. The molecule has 0 saturated carbocycles. The molecule has 1 atom stereocenters. The molecule has 1 amide bonds. The molecule has 0 aliphatic carbocycles. The van der Waals surface area contributed by atoms with Crippen LogP contribution in [-0.2, 0) is 4.79 Å². The molecular weight excluding hydrogens is 217 g/mol. The van der Waals surface area contributed by atoms with Gasteiger partial charge in [0.15, 0.2) is 0 Å². The van der Waals surface area contributed by atoms with E-state index >= 15 is 0 Å². The highest BCUT2D eigenvalue weighted by atomic mass is 19.1. The molecule has 0 aromatic heterocycles. The van der Waals surface area contributed by atoms with E-state index in [9.17, 15) is 9.18 Å². The van der Waals surface area contributed by atoms with Crippen LogP contribution in [0.5, 0.6) is 0 Å². The molecular formula is C14H18FNO. The van der Waals surface area contributed by atoms with Crippen LogP contribution in [0, 0.1) is 5.82 Å². The van der Waals surface area contributed by atoms with Crippen LogP contribution in [0.4, 0.5) is 10.1 Å². The van der Waals surface area contributed by atoms with Gasteiger partial charge in [0.25, 0.3) is 0 Å². The SMILES string of the molecule is CC(=O)N1c2ccc(F)cc2C(C)CC1(C)C. The molecule has 17 heavy (non-hydrogen) atoms. The largest absolute Gasteiger partial charge is 0.307 e. The van der Waals surface area contributed by atoms with E-state index in [0.29, 0.717) is 0 Å². The quantitative estimate of drug-likeness (QED) is 0.674. The van der Waals surface area contributed by atoms with Crippen LogP contribution in [0.2, 0.25) is 0 Å². The number of nitrogens with zero attached hydrogens (tertiary/aromatic N) is 1. The standard InChI is InChI=1S/C14H18FNO/c1-9-8-14(3,4)16(10(2)17)13-6-5-11(15)7-12(9)13/h5-7,9H,8H2,1-4H3. The van der Waals surface area contributed by atoms with Crippen molar-refractivity contribution in [2.75, 3.05) is 4.90 Å². The van der Waals surface area contributed by atoms with Crippen molar-refractivity contribution in [2.45, 2.75) is 45.6 Å². The number of hydrogen-bond donors (Lipinski definition) is 0. The monoisotopic (exact) mass is 235 g/mol. The second kappa shape index (κ2) is 3.83. The molecule has 1 unspecified atom stereocenters. The Hall–Kier alpha value is -1.38. The Kier molecular flexibility index (Phi) is 2.72. The zero-order valence-corrected chi connectivity index (χ0v) is 10.7. The van der Waals surface area contributed by atoms with Crippen molar-refractivity contribution in [2.24, 2.45) is 0 Å². The fourth-order valence-electron chi connectivity index (χ4n) is 3.00. The summed E-state index contributed by atoms with van der Waals surface area (Å²) in [6.45, 7) is 7.75. The van der Waals surface area contributed by atoms with E-state index in [2.05, 4.69) is 20.8 Å². The molecule has 2 rings (SSSR count). The second-order valence-corrected chi connectivity index (χ2v) is 5.48. The Morgan fingerprint density at radius 3 is 2.71 bits per heavy atom. The van der Waals surface area contributed by atoms with Gasteiger partial charge in [0.05, 0.1) is 0 Å². The number of amides is 1. The highest BCUT2D eigenvalue weighted by Crippen LogP contribution is 2.43. The fourth-order valence-corrected chi connectivity index (χ4v) is 3.00. The molecule has 0 bridgehead atoms. The first-order valence-electron chi connectivity index (χ1n) is 5.93. The van der Waals surface area contributed by atoms with Gasteiger partial charge in [-0.1, -0.05) is 6.92 Å². The van der Waals surface area contributed by atoms with E-state index in [1.54, 1.807) is 24.0 Å². The van der Waals surface area contributed by atoms with E-state index in [4.69, 9.17) is 0 Å². The summed E-state index contributed by atoms with van der Waals surface area (Å²) in [5.41, 5.74) is 1.57. The Morgan fingerprint density at radius 1 is 1.47 bits per heavy atom. The van der Waals surface area contributed by atoms with Crippen LogP contribution in [-0.4, -0.2) is 11.4 Å². The molecule has 1 aromatic carbocycles. The summed E-state index contributed by atoms with van der Waals surface area (Å²) in [6.07, 6.45) is 0.850. The Bertz CT molecular complexity index is 467. The molecule has 1 aromatic rings. The van der Waals surface area contributed by atoms with E-state index in [0.717, 1.165) is 17.7 Å². The molecule has 1 heterocycles. The molecule has 0 spiro atoms. The van der Waals surface area contributed by atoms with Gasteiger partial charge < -0.3 is 4.90 Å². The lowest BCUT2D eigenvalue weighted by molar-refractivity contribution is -0.117. The fraction of sp³-hybridized carbons (Fsp3) is 0.500. The number of hydrogen-bond acceptors (Lipinski definition) is 1. The minimum atomic E-state index is -0.237. The first-order valence-corrected chi connectivity index (χ1v) is 5.93. The number of carbonyl (C=O) groups excluding carboxylic acids is 1. The number of carbonyl (C=O) groups is 1. The van der Waals surface area contributed by atoms with Gasteiger partial charge in [0.2, 0.25) is 5.91 Å². The van der Waals surface area contributed by atoms with Crippen molar-refractivity contribution in [1.29, 1.82) is 0 Å². The Labute approximate surface area is 101 Å². The van der Waals surface area contributed by atoms with Crippen molar-refractivity contribution in [3.05, 3.63) is 29.6 Å². The number of anilines is 1. The summed E-state index contributed by atoms with van der Waals surface area (Å²) >= 11 is 0. The lowest BCUT2D eigenvalue weighted by atomic mass is 9.80. The third-order valence-corrected chi connectivity index (χ3v) is 3.49. The molecule has 3 heteroatoms. The van der Waals surface area contributed by atoms with Gasteiger partial charge in [-0.05, 0) is 49.9 Å². The van der Waals surface area contributed by atoms with Gasteiger partial charge in [0, 0.05) is 18.2 Å². The van der Waals surface area contributed by atoms with Crippen LogP contribution in [0.1, 0.15) is 45.6 Å². The summed E-state index contributed by atoms with van der Waals surface area (Å²) in [6, 6.07) is 4.68. The maximum absolute atomic E-state index is 13.3. The molecule has 1 aliphatic rings. The van der Waals surface area contributed by atoms with Gasteiger partial charge in [-0.3, -0.25) is 4.79 Å². The number of halogens is 1. The molecule has 0 N–H and O–H groups in total. The van der Waals surface area contributed by atoms with E-state index in [1.807, 2.05) is 0 Å². The minimum Gasteiger partial charge on any atom is -0.307 e. The first kappa shape index (κ1) is 12.1. The van der Waals surface area contributed by atoms with Crippen LogP contribution in [0.3, 0.4) is 0 Å². The third-order valence-electron chi connectivity index (χ3n) is 3.49. The van der Waals surface area contributed by atoms with Gasteiger partial charge in [-0.15, -0.1) is 0 Å². The average molecular weight is 235 g/mol. The summed E-state index contributed by atoms with van der Waals surface area (Å²) in [5, 5.41) is 0. The number of benzene rings is 1. The minimum absolute atomic E-state index is 0.00904. The van der Waals surface area contributed by atoms with Crippen LogP contribution >= 0.6 is 0 Å². The zero-order chi connectivity index (χ0) is 12.8. The Morgan fingerprint density at radius 2 is 2.12 bits per heavy atom. The topological polar surface area (TPSA) is 20.3 Å². The summed E-state index contributed by atoms with van der Waals surface area (Å²) in [5.74, 6) is 0.0415. The van der Waals surface area contributed by atoms with Gasteiger partial charge >= 0.3 is 0 Å². The van der Waals surface area contributed by atoms with Crippen molar-refractivity contribution >= 4 is 11.6 Å². The number of fused-ring (bicyclic) bond motifs is 1. The number of rotatable bonds is 0. The smallest absolute Gasteiger partial charge is 0.224 e. The van der Waals surface area contributed by atoms with E-state index in [-0.39, 0.29) is 23.2 Å². The van der Waals surface area contributed by atoms with Crippen molar-refractivity contribution in [3.8, 4) is 0 Å². The predicted octanol–water partition coefficient (Wildman–Crippen LogP) is 3.46. The molecule has 92 valence electrons. The van der Waals surface area contributed by atoms with Crippen molar-refractivity contribution in [3.63, 3.8) is 0 Å². The molecule has 1 aliphatic heterocycles. The zero-order valence-electron chi connectivity index (χ0n) is 10.7. The molecule has 0 saturated heterocycles. The predicted molar refractivity (Wildman–Crippen MR) is 66.7 cm³/mol. The summed E-state index contributed by atoms with van der Waals surface area (Å²) in [4.78, 5) is 13.6. The Balaban J connectivity index is 2.61. The van der Waals surface area contributed by atoms with E-state index in [1.165, 1.54) is 6.07 Å². The first-order chi connectivity index (χ1) is 7.83.